The molecule has 142 valence electrons. The Balaban J connectivity index is 1.61. The van der Waals surface area contributed by atoms with Gasteiger partial charge < -0.3 is 15.5 Å². The zero-order valence-electron chi connectivity index (χ0n) is 14.7. The molecular weight excluding hydrogens is 456 g/mol. The zero-order chi connectivity index (χ0) is 19.5. The van der Waals surface area contributed by atoms with Gasteiger partial charge in [0.2, 0.25) is 5.91 Å². The van der Waals surface area contributed by atoms with Crippen LogP contribution in [0.15, 0.2) is 70.6 Å². The lowest BCUT2D eigenvalue weighted by Crippen LogP contribution is -2.36. The largest absolute Gasteiger partial charge is 0.352 e. The van der Waals surface area contributed by atoms with Crippen LogP contribution < -0.4 is 10.6 Å². The lowest BCUT2D eigenvalue weighted by Gasteiger charge is -2.26. The van der Waals surface area contributed by atoms with Crippen LogP contribution in [0, 0.1) is 0 Å². The molecule has 8 heteroatoms. The Kier molecular flexibility index (Phi) is 5.70. The summed E-state index contributed by atoms with van der Waals surface area (Å²) in [6.07, 6.45) is 1.77. The lowest BCUT2D eigenvalue weighted by atomic mass is 10.0. The molecule has 0 saturated carbocycles. The van der Waals surface area contributed by atoms with Gasteiger partial charge in [0.1, 0.15) is 6.54 Å². The normalized spacial score (nSPS) is 18.8. The van der Waals surface area contributed by atoms with Gasteiger partial charge in [0.05, 0.1) is 17.8 Å². The molecule has 1 aromatic carbocycles. The number of nitrogens with one attached hydrogen (secondary N) is 2. The standard InChI is InChI=1S/C20H17BrN4OS2/c21-13-10-16(28-12-13)19-18(15-8-4-5-9-22-15)24-20(27)25(19)11-17(26)23-14-6-2-1-3-7-14/h1-10,12,18-19H,11H2,(H,23,26)(H,24,27)/t18-,19-/m0/s1. The summed E-state index contributed by atoms with van der Waals surface area (Å²) in [5.41, 5.74) is 1.66. The predicted octanol–water partition coefficient (Wildman–Crippen LogP) is 4.52. The minimum atomic E-state index is -0.122. The SMILES string of the molecule is O=C(CN1C(=S)N[C@@H](c2ccccn2)[C@@H]1c1cc(Br)cs1)Nc1ccccc1. The number of para-hydroxylation sites is 1. The number of thiophene rings is 1. The summed E-state index contributed by atoms with van der Waals surface area (Å²) in [5.74, 6) is -0.113. The van der Waals surface area contributed by atoms with Gasteiger partial charge in [-0.25, -0.2) is 0 Å². The Morgan fingerprint density at radius 1 is 1.25 bits per heavy atom. The highest BCUT2D eigenvalue weighted by atomic mass is 79.9. The van der Waals surface area contributed by atoms with E-state index in [2.05, 4.69) is 37.6 Å². The maximum Gasteiger partial charge on any atom is 0.244 e. The Labute approximate surface area is 180 Å². The van der Waals surface area contributed by atoms with Gasteiger partial charge in [0, 0.05) is 26.6 Å². The van der Waals surface area contributed by atoms with Crippen LogP contribution >= 0.6 is 39.5 Å². The van der Waals surface area contributed by atoms with Crippen LogP contribution in [0.25, 0.3) is 0 Å². The molecule has 4 rings (SSSR count). The number of hydrogen-bond acceptors (Lipinski definition) is 4. The van der Waals surface area contributed by atoms with Crippen molar-refractivity contribution in [3.63, 3.8) is 0 Å². The van der Waals surface area contributed by atoms with E-state index >= 15 is 0 Å². The fourth-order valence-corrected chi connectivity index (χ4v) is 5.14. The van der Waals surface area contributed by atoms with E-state index in [1.54, 1.807) is 17.5 Å². The monoisotopic (exact) mass is 472 g/mol. The third-order valence-corrected chi connectivity index (χ3v) is 6.57. The van der Waals surface area contributed by atoms with Gasteiger partial charge >= 0.3 is 0 Å². The number of anilines is 1. The number of aromatic nitrogens is 1. The summed E-state index contributed by atoms with van der Waals surface area (Å²) in [6, 6.07) is 17.1. The summed E-state index contributed by atoms with van der Waals surface area (Å²) >= 11 is 10.7. The molecule has 0 spiro atoms. The number of pyridine rings is 1. The van der Waals surface area contributed by atoms with Crippen molar-refractivity contribution in [1.29, 1.82) is 0 Å². The quantitative estimate of drug-likeness (QED) is 0.534. The highest BCUT2D eigenvalue weighted by Crippen LogP contribution is 2.41. The van der Waals surface area contributed by atoms with Gasteiger partial charge in [-0.2, -0.15) is 0 Å². The fraction of sp³-hybridized carbons (Fsp3) is 0.150. The predicted molar refractivity (Wildman–Crippen MR) is 119 cm³/mol. The molecule has 2 aromatic heterocycles. The first kappa shape index (κ1) is 19.0. The minimum Gasteiger partial charge on any atom is -0.352 e. The van der Waals surface area contributed by atoms with Crippen molar-refractivity contribution in [3.05, 3.63) is 81.2 Å². The molecule has 0 unspecified atom stereocenters. The van der Waals surface area contributed by atoms with Gasteiger partial charge in [-0.3, -0.25) is 9.78 Å². The Morgan fingerprint density at radius 2 is 2.04 bits per heavy atom. The van der Waals surface area contributed by atoms with E-state index in [9.17, 15) is 4.79 Å². The number of hydrogen-bond donors (Lipinski definition) is 2. The third kappa shape index (κ3) is 4.09. The second-order valence-corrected chi connectivity index (χ2v) is 8.58. The van der Waals surface area contributed by atoms with E-state index < -0.39 is 0 Å². The van der Waals surface area contributed by atoms with Gasteiger partial charge in [-0.05, 0) is 58.5 Å². The maximum atomic E-state index is 12.7. The molecule has 5 nitrogen and oxygen atoms in total. The van der Waals surface area contributed by atoms with E-state index in [1.807, 2.05) is 58.8 Å². The highest BCUT2D eigenvalue weighted by molar-refractivity contribution is 9.10. The minimum absolute atomic E-state index is 0.111. The summed E-state index contributed by atoms with van der Waals surface area (Å²) < 4.78 is 1.01. The molecule has 28 heavy (non-hydrogen) atoms. The Morgan fingerprint density at radius 3 is 2.71 bits per heavy atom. The zero-order valence-corrected chi connectivity index (χ0v) is 17.9. The number of carbonyl (C=O) groups is 1. The molecule has 3 heterocycles. The van der Waals surface area contributed by atoms with E-state index in [0.29, 0.717) is 5.11 Å². The molecule has 2 N–H and O–H groups in total. The molecule has 3 aromatic rings. The van der Waals surface area contributed by atoms with Crippen molar-refractivity contribution < 1.29 is 4.79 Å². The molecule has 2 atom stereocenters. The highest BCUT2D eigenvalue weighted by Gasteiger charge is 2.41. The van der Waals surface area contributed by atoms with Crippen LogP contribution in [0.2, 0.25) is 0 Å². The Bertz CT molecular complexity index is 980. The lowest BCUT2D eigenvalue weighted by molar-refractivity contribution is -0.116. The number of benzene rings is 1. The number of nitrogens with zero attached hydrogens (tertiary/aromatic N) is 2. The molecular formula is C20H17BrN4OS2. The number of amides is 1. The van der Waals surface area contributed by atoms with Crippen molar-refractivity contribution in [2.45, 2.75) is 12.1 Å². The molecule has 0 aliphatic carbocycles. The van der Waals surface area contributed by atoms with Crippen LogP contribution in [0.4, 0.5) is 5.69 Å². The van der Waals surface area contributed by atoms with Gasteiger partial charge in [-0.15, -0.1) is 11.3 Å². The maximum absolute atomic E-state index is 12.7. The van der Waals surface area contributed by atoms with Crippen molar-refractivity contribution in [2.24, 2.45) is 0 Å². The smallest absolute Gasteiger partial charge is 0.244 e. The molecule has 1 aliphatic heterocycles. The third-order valence-electron chi connectivity index (χ3n) is 4.45. The van der Waals surface area contributed by atoms with Gasteiger partial charge in [0.15, 0.2) is 5.11 Å². The molecule has 1 fully saturated rings. The fourth-order valence-electron chi connectivity index (χ4n) is 3.24. The first-order chi connectivity index (χ1) is 13.6. The summed E-state index contributed by atoms with van der Waals surface area (Å²) in [4.78, 5) is 20.2. The molecule has 1 aliphatic rings. The van der Waals surface area contributed by atoms with E-state index in [1.165, 1.54) is 0 Å². The topological polar surface area (TPSA) is 57.3 Å². The average Bonchev–Trinajstić information content (AvgIpc) is 3.26. The van der Waals surface area contributed by atoms with Crippen LogP contribution in [0.5, 0.6) is 0 Å². The van der Waals surface area contributed by atoms with Crippen molar-refractivity contribution in [3.8, 4) is 0 Å². The van der Waals surface area contributed by atoms with Crippen LogP contribution in [0.3, 0.4) is 0 Å². The van der Waals surface area contributed by atoms with Crippen molar-refractivity contribution in [1.82, 2.24) is 15.2 Å². The van der Waals surface area contributed by atoms with Crippen LogP contribution in [-0.2, 0) is 4.79 Å². The molecule has 1 saturated heterocycles. The molecule has 0 radical (unpaired) electrons. The number of carbonyl (C=O) groups excluding carboxylic acids is 1. The second-order valence-electron chi connectivity index (χ2n) is 6.34. The number of halogens is 1. The van der Waals surface area contributed by atoms with Crippen LogP contribution in [0.1, 0.15) is 22.7 Å². The summed E-state index contributed by atoms with van der Waals surface area (Å²) in [7, 11) is 0. The van der Waals surface area contributed by atoms with Crippen molar-refractivity contribution in [2.75, 3.05) is 11.9 Å². The Hall–Kier alpha value is -2.29. The summed E-state index contributed by atoms with van der Waals surface area (Å²) in [6.45, 7) is 0.157. The molecule has 1 amide bonds. The van der Waals surface area contributed by atoms with Crippen LogP contribution in [-0.4, -0.2) is 27.4 Å². The van der Waals surface area contributed by atoms with Gasteiger partial charge in [-0.1, -0.05) is 24.3 Å². The molecule has 0 bridgehead atoms. The van der Waals surface area contributed by atoms with Gasteiger partial charge in [0.25, 0.3) is 0 Å². The summed E-state index contributed by atoms with van der Waals surface area (Å²) in [5, 5.41) is 8.87. The van der Waals surface area contributed by atoms with E-state index in [0.717, 1.165) is 20.7 Å². The van der Waals surface area contributed by atoms with Crippen molar-refractivity contribution >= 4 is 56.2 Å². The average molecular weight is 473 g/mol. The number of thiocarbonyl (C=S) groups is 1. The second kappa shape index (κ2) is 8.38. The first-order valence-corrected chi connectivity index (χ1v) is 10.8. The van der Waals surface area contributed by atoms with E-state index in [-0.39, 0.29) is 24.5 Å². The number of rotatable bonds is 5. The first-order valence-electron chi connectivity index (χ1n) is 8.69. The van der Waals surface area contributed by atoms with E-state index in [4.69, 9.17) is 12.2 Å².